The lowest BCUT2D eigenvalue weighted by Crippen LogP contribution is -2.31. The average molecular weight is 355 g/mol. The Labute approximate surface area is 151 Å². The van der Waals surface area contributed by atoms with Crippen molar-refractivity contribution in [2.45, 2.75) is 18.9 Å². The predicted molar refractivity (Wildman–Crippen MR) is 96.6 cm³/mol. The molecule has 0 aliphatic carbocycles. The van der Waals surface area contributed by atoms with Crippen molar-refractivity contribution in [1.29, 1.82) is 0 Å². The molecule has 1 unspecified atom stereocenters. The molecule has 0 spiro atoms. The van der Waals surface area contributed by atoms with Crippen LogP contribution in [0.3, 0.4) is 0 Å². The van der Waals surface area contributed by atoms with E-state index in [1.165, 1.54) is 7.11 Å². The molecular formula is C19H21N3O4. The normalized spacial score (nSPS) is 16.1. The summed E-state index contributed by atoms with van der Waals surface area (Å²) in [5.41, 5.74) is 1.62. The van der Waals surface area contributed by atoms with Crippen LogP contribution >= 0.6 is 0 Å². The molecule has 1 saturated heterocycles. The van der Waals surface area contributed by atoms with E-state index in [1.807, 2.05) is 0 Å². The summed E-state index contributed by atoms with van der Waals surface area (Å²) in [6.07, 6.45) is 3.67. The minimum atomic E-state index is -0.413. The van der Waals surface area contributed by atoms with E-state index in [4.69, 9.17) is 9.47 Å². The summed E-state index contributed by atoms with van der Waals surface area (Å²) < 4.78 is 10.2. The quantitative estimate of drug-likeness (QED) is 0.774. The third kappa shape index (κ3) is 4.58. The molecule has 0 bridgehead atoms. The number of ether oxygens (including phenoxy) is 2. The molecule has 1 aromatic heterocycles. The maximum absolute atomic E-state index is 12.3. The lowest BCUT2D eigenvalue weighted by atomic mass is 10.2. The summed E-state index contributed by atoms with van der Waals surface area (Å²) in [5.74, 6) is -0.0742. The van der Waals surface area contributed by atoms with Gasteiger partial charge in [0.05, 0.1) is 18.8 Å². The zero-order valence-electron chi connectivity index (χ0n) is 14.5. The minimum absolute atomic E-state index is 0.0967. The lowest BCUT2D eigenvalue weighted by molar-refractivity contribution is 0.0600. The van der Waals surface area contributed by atoms with Crippen LogP contribution in [0.15, 0.2) is 42.6 Å². The van der Waals surface area contributed by atoms with Gasteiger partial charge in [-0.2, -0.15) is 0 Å². The van der Waals surface area contributed by atoms with E-state index in [0.29, 0.717) is 29.2 Å². The first-order chi connectivity index (χ1) is 12.7. The highest BCUT2D eigenvalue weighted by Gasteiger charge is 2.17. The third-order valence-corrected chi connectivity index (χ3v) is 4.09. The van der Waals surface area contributed by atoms with E-state index in [1.54, 1.807) is 42.6 Å². The molecule has 1 aromatic carbocycles. The zero-order valence-corrected chi connectivity index (χ0v) is 14.5. The van der Waals surface area contributed by atoms with Crippen molar-refractivity contribution >= 4 is 23.4 Å². The minimum Gasteiger partial charge on any atom is -0.465 e. The van der Waals surface area contributed by atoms with Crippen LogP contribution < -0.4 is 10.6 Å². The first-order valence-corrected chi connectivity index (χ1v) is 8.47. The number of esters is 1. The SMILES string of the molecule is COC(=O)c1cccc(Nc2cc(C(=O)NCC3CCCO3)ccn2)c1. The van der Waals surface area contributed by atoms with Gasteiger partial charge in [-0.15, -0.1) is 0 Å². The van der Waals surface area contributed by atoms with Crippen molar-refractivity contribution < 1.29 is 19.1 Å². The van der Waals surface area contributed by atoms with Gasteiger partial charge >= 0.3 is 5.97 Å². The smallest absolute Gasteiger partial charge is 0.337 e. The van der Waals surface area contributed by atoms with Gasteiger partial charge in [0.15, 0.2) is 0 Å². The molecule has 136 valence electrons. The maximum atomic E-state index is 12.3. The van der Waals surface area contributed by atoms with E-state index in [2.05, 4.69) is 15.6 Å². The molecule has 7 heteroatoms. The number of anilines is 2. The molecule has 1 amide bonds. The van der Waals surface area contributed by atoms with E-state index in [-0.39, 0.29) is 12.0 Å². The third-order valence-electron chi connectivity index (χ3n) is 4.09. The van der Waals surface area contributed by atoms with Crippen molar-refractivity contribution in [3.63, 3.8) is 0 Å². The number of aromatic nitrogens is 1. The summed E-state index contributed by atoms with van der Waals surface area (Å²) >= 11 is 0. The summed E-state index contributed by atoms with van der Waals surface area (Å²) in [7, 11) is 1.34. The van der Waals surface area contributed by atoms with Crippen molar-refractivity contribution in [3.05, 3.63) is 53.7 Å². The molecular weight excluding hydrogens is 334 g/mol. The summed E-state index contributed by atoms with van der Waals surface area (Å²) in [5, 5.41) is 5.98. The van der Waals surface area contributed by atoms with Crippen molar-refractivity contribution in [2.24, 2.45) is 0 Å². The van der Waals surface area contributed by atoms with Gasteiger partial charge in [0, 0.05) is 30.6 Å². The van der Waals surface area contributed by atoms with Crippen LogP contribution in [0.25, 0.3) is 0 Å². The number of carbonyl (C=O) groups is 2. The van der Waals surface area contributed by atoms with Crippen LogP contribution in [0.1, 0.15) is 33.6 Å². The fourth-order valence-electron chi connectivity index (χ4n) is 2.74. The first kappa shape index (κ1) is 17.9. The van der Waals surface area contributed by atoms with Crippen LogP contribution in [0, 0.1) is 0 Å². The lowest BCUT2D eigenvalue weighted by Gasteiger charge is -2.12. The number of methoxy groups -OCH3 is 1. The molecule has 3 rings (SSSR count). The molecule has 2 aromatic rings. The van der Waals surface area contributed by atoms with Gasteiger partial charge < -0.3 is 20.1 Å². The van der Waals surface area contributed by atoms with Gasteiger partial charge in [0.25, 0.3) is 5.91 Å². The predicted octanol–water partition coefficient (Wildman–Crippen LogP) is 2.52. The number of benzene rings is 1. The molecule has 1 atom stereocenters. The van der Waals surface area contributed by atoms with E-state index in [9.17, 15) is 9.59 Å². The molecule has 0 saturated carbocycles. The largest absolute Gasteiger partial charge is 0.465 e. The van der Waals surface area contributed by atoms with Gasteiger partial charge in [0.2, 0.25) is 0 Å². The van der Waals surface area contributed by atoms with Gasteiger partial charge in [-0.05, 0) is 43.2 Å². The number of hydrogen-bond acceptors (Lipinski definition) is 6. The van der Waals surface area contributed by atoms with Crippen LogP contribution in [-0.4, -0.2) is 43.2 Å². The summed E-state index contributed by atoms with van der Waals surface area (Å²) in [6, 6.07) is 10.2. The number of nitrogens with one attached hydrogen (secondary N) is 2. The Bertz CT molecular complexity index is 788. The second-order valence-electron chi connectivity index (χ2n) is 5.97. The average Bonchev–Trinajstić information content (AvgIpc) is 3.19. The number of carbonyl (C=O) groups excluding carboxylic acids is 2. The Hall–Kier alpha value is -2.93. The van der Waals surface area contributed by atoms with Crippen LogP contribution in [0.5, 0.6) is 0 Å². The Morgan fingerprint density at radius 2 is 2.15 bits per heavy atom. The van der Waals surface area contributed by atoms with E-state index in [0.717, 1.165) is 19.4 Å². The van der Waals surface area contributed by atoms with Crippen molar-refractivity contribution in [1.82, 2.24) is 10.3 Å². The number of amides is 1. The highest BCUT2D eigenvalue weighted by molar-refractivity contribution is 5.95. The molecule has 2 N–H and O–H groups in total. The van der Waals surface area contributed by atoms with Gasteiger partial charge in [-0.1, -0.05) is 6.07 Å². The Kier molecular flexibility index (Phi) is 5.80. The maximum Gasteiger partial charge on any atom is 0.337 e. The highest BCUT2D eigenvalue weighted by atomic mass is 16.5. The fourth-order valence-corrected chi connectivity index (χ4v) is 2.74. The Balaban J connectivity index is 1.65. The van der Waals surface area contributed by atoms with Gasteiger partial charge in [0.1, 0.15) is 5.82 Å². The molecule has 7 nitrogen and oxygen atoms in total. The highest BCUT2D eigenvalue weighted by Crippen LogP contribution is 2.18. The van der Waals surface area contributed by atoms with Crippen LogP contribution in [-0.2, 0) is 9.47 Å². The Morgan fingerprint density at radius 3 is 2.92 bits per heavy atom. The summed E-state index contributed by atoms with van der Waals surface area (Å²) in [4.78, 5) is 28.1. The zero-order chi connectivity index (χ0) is 18.4. The number of rotatable bonds is 6. The van der Waals surface area contributed by atoms with Crippen molar-refractivity contribution in [2.75, 3.05) is 25.6 Å². The summed E-state index contributed by atoms with van der Waals surface area (Å²) in [6.45, 7) is 1.26. The number of nitrogens with zero attached hydrogens (tertiary/aromatic N) is 1. The molecule has 26 heavy (non-hydrogen) atoms. The van der Waals surface area contributed by atoms with E-state index < -0.39 is 5.97 Å². The number of hydrogen-bond donors (Lipinski definition) is 2. The van der Waals surface area contributed by atoms with E-state index >= 15 is 0 Å². The Morgan fingerprint density at radius 1 is 1.27 bits per heavy atom. The molecule has 2 heterocycles. The van der Waals surface area contributed by atoms with Gasteiger partial charge in [-0.3, -0.25) is 4.79 Å². The second kappa shape index (κ2) is 8.44. The second-order valence-corrected chi connectivity index (χ2v) is 5.97. The molecule has 1 fully saturated rings. The van der Waals surface area contributed by atoms with Gasteiger partial charge in [-0.25, -0.2) is 9.78 Å². The standard InChI is InChI=1S/C19H21N3O4/c1-25-19(24)14-4-2-5-15(10-14)22-17-11-13(7-8-20-17)18(23)21-12-16-6-3-9-26-16/h2,4-5,7-8,10-11,16H,3,6,9,12H2,1H3,(H,20,22)(H,21,23). The fraction of sp³-hybridized carbons (Fsp3) is 0.316. The topological polar surface area (TPSA) is 89.5 Å². The first-order valence-electron chi connectivity index (χ1n) is 8.47. The molecule has 0 radical (unpaired) electrons. The van der Waals surface area contributed by atoms with Crippen molar-refractivity contribution in [3.8, 4) is 0 Å². The monoisotopic (exact) mass is 355 g/mol. The molecule has 1 aliphatic heterocycles. The van der Waals surface area contributed by atoms with Crippen LogP contribution in [0.2, 0.25) is 0 Å². The molecule has 1 aliphatic rings. The van der Waals surface area contributed by atoms with Crippen LogP contribution in [0.4, 0.5) is 11.5 Å². The number of pyridine rings is 1.